The number of carbonyl (C=O) groups is 2. The van der Waals surface area contributed by atoms with Crippen molar-refractivity contribution in [2.24, 2.45) is 0 Å². The molecule has 0 fully saturated rings. The number of amides is 2. The molecule has 0 radical (unpaired) electrons. The highest BCUT2D eigenvalue weighted by molar-refractivity contribution is 9.10. The molecule has 1 N–H and O–H groups in total. The molecule has 5 heteroatoms. The summed E-state index contributed by atoms with van der Waals surface area (Å²) in [7, 11) is 0. The fourth-order valence-electron chi connectivity index (χ4n) is 2.34. The largest absolute Gasteiger partial charge is 0.350 e. The van der Waals surface area contributed by atoms with Gasteiger partial charge in [0.15, 0.2) is 0 Å². The summed E-state index contributed by atoms with van der Waals surface area (Å²) in [6, 6.07) is 15.0. The number of nitrogens with one attached hydrogen (secondary N) is 1. The summed E-state index contributed by atoms with van der Waals surface area (Å²) in [4.78, 5) is 25.8. The Kier molecular flexibility index (Phi) is 5.93. The van der Waals surface area contributed by atoms with Crippen molar-refractivity contribution in [3.8, 4) is 0 Å². The monoisotopic (exact) mass is 374 g/mol. The second-order valence-corrected chi connectivity index (χ2v) is 6.05. The lowest BCUT2D eigenvalue weighted by Crippen LogP contribution is -2.38. The van der Waals surface area contributed by atoms with Crippen LogP contribution in [-0.4, -0.2) is 24.9 Å². The predicted molar refractivity (Wildman–Crippen MR) is 95.7 cm³/mol. The van der Waals surface area contributed by atoms with E-state index in [9.17, 15) is 9.59 Å². The average Bonchev–Trinajstić information content (AvgIpc) is 2.52. The van der Waals surface area contributed by atoms with Gasteiger partial charge in [0.05, 0.1) is 5.56 Å². The van der Waals surface area contributed by atoms with Crippen LogP contribution in [0, 0.1) is 6.92 Å². The Morgan fingerprint density at radius 1 is 1.09 bits per heavy atom. The van der Waals surface area contributed by atoms with Crippen LogP contribution in [0.25, 0.3) is 0 Å². The molecule has 0 atom stereocenters. The van der Waals surface area contributed by atoms with Gasteiger partial charge in [-0.15, -0.1) is 0 Å². The molecular weight excluding hydrogens is 356 g/mol. The van der Waals surface area contributed by atoms with Crippen LogP contribution in [0.1, 0.15) is 22.8 Å². The molecule has 2 aromatic rings. The Labute approximate surface area is 144 Å². The van der Waals surface area contributed by atoms with Gasteiger partial charge in [0.2, 0.25) is 5.91 Å². The molecule has 0 bridgehead atoms. The van der Waals surface area contributed by atoms with Crippen LogP contribution < -0.4 is 10.2 Å². The van der Waals surface area contributed by atoms with Crippen molar-refractivity contribution < 1.29 is 9.59 Å². The normalized spacial score (nSPS) is 10.2. The van der Waals surface area contributed by atoms with Gasteiger partial charge in [0, 0.05) is 30.2 Å². The van der Waals surface area contributed by atoms with E-state index in [-0.39, 0.29) is 11.8 Å². The van der Waals surface area contributed by atoms with E-state index in [1.807, 2.05) is 49.4 Å². The van der Waals surface area contributed by atoms with Crippen molar-refractivity contribution in [3.63, 3.8) is 0 Å². The van der Waals surface area contributed by atoms with Crippen LogP contribution in [0.5, 0.6) is 0 Å². The van der Waals surface area contributed by atoms with Gasteiger partial charge in [0.25, 0.3) is 5.91 Å². The first-order chi connectivity index (χ1) is 11.0. The Morgan fingerprint density at radius 2 is 1.74 bits per heavy atom. The quantitative estimate of drug-likeness (QED) is 0.869. The predicted octanol–water partition coefficient (Wildman–Crippen LogP) is 3.54. The Bertz CT molecular complexity index is 716. The molecular formula is C18H19BrN2O2. The number of hydrogen-bond donors (Lipinski definition) is 1. The van der Waals surface area contributed by atoms with E-state index in [4.69, 9.17) is 0 Å². The van der Waals surface area contributed by atoms with Gasteiger partial charge in [-0.25, -0.2) is 0 Å². The van der Waals surface area contributed by atoms with E-state index in [0.717, 1.165) is 15.7 Å². The molecule has 0 saturated heterocycles. The number of carbonyl (C=O) groups excluding carboxylic acids is 2. The number of nitrogens with zero attached hydrogens (tertiary/aromatic N) is 1. The second-order valence-electron chi connectivity index (χ2n) is 5.19. The summed E-state index contributed by atoms with van der Waals surface area (Å²) in [6.07, 6.45) is 0. The summed E-state index contributed by atoms with van der Waals surface area (Å²) < 4.78 is 0.750. The molecule has 0 aromatic heterocycles. The van der Waals surface area contributed by atoms with Gasteiger partial charge < -0.3 is 10.2 Å². The lowest BCUT2D eigenvalue weighted by Gasteiger charge is -2.23. The van der Waals surface area contributed by atoms with E-state index >= 15 is 0 Å². The van der Waals surface area contributed by atoms with Gasteiger partial charge in [-0.2, -0.15) is 0 Å². The van der Waals surface area contributed by atoms with Crippen molar-refractivity contribution in [1.29, 1.82) is 0 Å². The van der Waals surface area contributed by atoms with E-state index in [1.165, 1.54) is 6.92 Å². The number of benzene rings is 2. The summed E-state index contributed by atoms with van der Waals surface area (Å²) >= 11 is 3.36. The summed E-state index contributed by atoms with van der Waals surface area (Å²) in [6.45, 7) is 4.30. The lowest BCUT2D eigenvalue weighted by molar-refractivity contribution is -0.116. The standard InChI is InChI=1S/C18H19BrN2O2/c1-13-7-3-6-10-17(13)21(14(2)22)12-11-20-18(23)15-8-4-5-9-16(15)19/h3-10H,11-12H2,1-2H3,(H,20,23). The van der Waals surface area contributed by atoms with Crippen molar-refractivity contribution in [2.45, 2.75) is 13.8 Å². The first kappa shape index (κ1) is 17.2. The summed E-state index contributed by atoms with van der Waals surface area (Å²) in [5, 5.41) is 2.85. The minimum atomic E-state index is -0.161. The molecule has 120 valence electrons. The Hall–Kier alpha value is -2.14. The van der Waals surface area contributed by atoms with Gasteiger partial charge >= 0.3 is 0 Å². The summed E-state index contributed by atoms with van der Waals surface area (Å²) in [5.41, 5.74) is 2.48. The van der Waals surface area contributed by atoms with Crippen molar-refractivity contribution >= 4 is 33.4 Å². The molecule has 2 amide bonds. The zero-order chi connectivity index (χ0) is 16.8. The number of para-hydroxylation sites is 1. The second kappa shape index (κ2) is 7.92. The van der Waals surface area contributed by atoms with Gasteiger partial charge in [-0.1, -0.05) is 30.3 Å². The van der Waals surface area contributed by atoms with Crippen LogP contribution in [-0.2, 0) is 4.79 Å². The van der Waals surface area contributed by atoms with Gasteiger partial charge in [0.1, 0.15) is 0 Å². The number of anilines is 1. The first-order valence-electron chi connectivity index (χ1n) is 7.37. The van der Waals surface area contributed by atoms with Crippen molar-refractivity contribution in [3.05, 3.63) is 64.1 Å². The number of aryl methyl sites for hydroxylation is 1. The van der Waals surface area contributed by atoms with E-state index in [1.54, 1.807) is 11.0 Å². The maximum Gasteiger partial charge on any atom is 0.252 e. The van der Waals surface area contributed by atoms with Crippen LogP contribution >= 0.6 is 15.9 Å². The first-order valence-corrected chi connectivity index (χ1v) is 8.16. The topological polar surface area (TPSA) is 49.4 Å². The van der Waals surface area contributed by atoms with E-state index in [0.29, 0.717) is 18.7 Å². The fraction of sp³-hybridized carbons (Fsp3) is 0.222. The number of rotatable bonds is 5. The van der Waals surface area contributed by atoms with Crippen molar-refractivity contribution in [1.82, 2.24) is 5.32 Å². The van der Waals surface area contributed by atoms with Crippen LogP contribution in [0.2, 0.25) is 0 Å². The number of hydrogen-bond acceptors (Lipinski definition) is 2. The van der Waals surface area contributed by atoms with Crippen LogP contribution in [0.4, 0.5) is 5.69 Å². The summed E-state index contributed by atoms with van der Waals surface area (Å²) in [5.74, 6) is -0.208. The zero-order valence-electron chi connectivity index (χ0n) is 13.2. The lowest BCUT2D eigenvalue weighted by atomic mass is 10.2. The molecule has 0 heterocycles. The molecule has 2 aromatic carbocycles. The molecule has 0 aliphatic rings. The molecule has 2 rings (SSSR count). The third-order valence-electron chi connectivity index (χ3n) is 3.53. The highest BCUT2D eigenvalue weighted by atomic mass is 79.9. The SMILES string of the molecule is CC(=O)N(CCNC(=O)c1ccccc1Br)c1ccccc1C. The highest BCUT2D eigenvalue weighted by Crippen LogP contribution is 2.19. The van der Waals surface area contributed by atoms with Crippen LogP contribution in [0.15, 0.2) is 53.0 Å². The molecule has 4 nitrogen and oxygen atoms in total. The van der Waals surface area contributed by atoms with E-state index < -0.39 is 0 Å². The molecule has 0 spiro atoms. The molecule has 0 saturated carbocycles. The maximum atomic E-state index is 12.2. The molecule has 0 aliphatic heterocycles. The minimum Gasteiger partial charge on any atom is -0.350 e. The average molecular weight is 375 g/mol. The number of halogens is 1. The minimum absolute atomic E-state index is 0.0468. The zero-order valence-corrected chi connectivity index (χ0v) is 14.8. The van der Waals surface area contributed by atoms with Gasteiger partial charge in [-0.3, -0.25) is 9.59 Å². The smallest absolute Gasteiger partial charge is 0.252 e. The Balaban J connectivity index is 2.01. The van der Waals surface area contributed by atoms with E-state index in [2.05, 4.69) is 21.2 Å². The van der Waals surface area contributed by atoms with Crippen LogP contribution in [0.3, 0.4) is 0 Å². The van der Waals surface area contributed by atoms with Gasteiger partial charge in [-0.05, 0) is 46.6 Å². The third-order valence-corrected chi connectivity index (χ3v) is 4.22. The molecule has 23 heavy (non-hydrogen) atoms. The van der Waals surface area contributed by atoms with Crippen molar-refractivity contribution in [2.75, 3.05) is 18.0 Å². The molecule has 0 aliphatic carbocycles. The third kappa shape index (κ3) is 4.42. The molecule has 0 unspecified atom stereocenters. The Morgan fingerprint density at radius 3 is 2.39 bits per heavy atom. The maximum absolute atomic E-state index is 12.2. The highest BCUT2D eigenvalue weighted by Gasteiger charge is 2.14. The fourth-order valence-corrected chi connectivity index (χ4v) is 2.80.